The Morgan fingerprint density at radius 2 is 1.86 bits per heavy atom. The van der Waals surface area contributed by atoms with Gasteiger partial charge in [-0.1, -0.05) is 32.4 Å². The fourth-order valence-corrected chi connectivity index (χ4v) is 2.90. The summed E-state index contributed by atoms with van der Waals surface area (Å²) in [6.45, 7) is 13.0. The van der Waals surface area contributed by atoms with E-state index >= 15 is 0 Å². The van der Waals surface area contributed by atoms with Crippen molar-refractivity contribution in [1.29, 1.82) is 0 Å². The Bertz CT molecular complexity index is 504. The van der Waals surface area contributed by atoms with Crippen molar-refractivity contribution in [2.75, 3.05) is 6.61 Å². The van der Waals surface area contributed by atoms with E-state index in [4.69, 9.17) is 16.3 Å². The molecule has 1 aromatic rings. The minimum atomic E-state index is -0.277. The molecule has 1 rings (SSSR count). The van der Waals surface area contributed by atoms with Crippen LogP contribution >= 0.6 is 11.6 Å². The minimum Gasteiger partial charge on any atom is -0.492 e. The standard InChI is InChI=1S/C17H26ClNO2/c1-7-21-14-9-8-12(10-13(14)18)15(20)19-17(5,6)11-16(2,3)4/h8-10H,7,11H2,1-6H3,(H,19,20). The predicted molar refractivity (Wildman–Crippen MR) is 88.2 cm³/mol. The average Bonchev–Trinajstić information content (AvgIpc) is 2.27. The van der Waals surface area contributed by atoms with Gasteiger partial charge in [0.25, 0.3) is 5.91 Å². The summed E-state index contributed by atoms with van der Waals surface area (Å²) < 4.78 is 5.37. The number of ether oxygens (including phenoxy) is 1. The first-order valence-corrected chi connectivity index (χ1v) is 7.67. The summed E-state index contributed by atoms with van der Waals surface area (Å²) in [6, 6.07) is 5.12. The van der Waals surface area contributed by atoms with Gasteiger partial charge in [0.1, 0.15) is 5.75 Å². The quantitative estimate of drug-likeness (QED) is 0.857. The van der Waals surface area contributed by atoms with E-state index in [1.807, 2.05) is 20.8 Å². The summed E-state index contributed by atoms with van der Waals surface area (Å²) in [5.41, 5.74) is 0.415. The molecule has 1 aromatic carbocycles. The lowest BCUT2D eigenvalue weighted by atomic mass is 9.81. The molecular formula is C17H26ClNO2. The number of nitrogens with one attached hydrogen (secondary N) is 1. The first-order valence-electron chi connectivity index (χ1n) is 7.29. The Hall–Kier alpha value is -1.22. The van der Waals surface area contributed by atoms with Gasteiger partial charge in [-0.2, -0.15) is 0 Å². The molecule has 0 heterocycles. The van der Waals surface area contributed by atoms with Gasteiger partial charge in [0.15, 0.2) is 0 Å². The summed E-state index contributed by atoms with van der Waals surface area (Å²) in [5, 5.41) is 3.53. The van der Waals surface area contributed by atoms with Crippen LogP contribution in [0.25, 0.3) is 0 Å². The van der Waals surface area contributed by atoms with Gasteiger partial charge in [-0.15, -0.1) is 0 Å². The highest BCUT2D eigenvalue weighted by Gasteiger charge is 2.27. The molecule has 3 nitrogen and oxygen atoms in total. The van der Waals surface area contributed by atoms with E-state index in [2.05, 4.69) is 26.1 Å². The lowest BCUT2D eigenvalue weighted by molar-refractivity contribution is 0.0891. The molecule has 0 aliphatic heterocycles. The number of amides is 1. The van der Waals surface area contributed by atoms with Crippen LogP contribution in [-0.4, -0.2) is 18.1 Å². The molecule has 21 heavy (non-hydrogen) atoms. The van der Waals surface area contributed by atoms with Crippen molar-refractivity contribution in [2.24, 2.45) is 5.41 Å². The molecule has 1 amide bonds. The van der Waals surface area contributed by atoms with Crippen molar-refractivity contribution in [3.05, 3.63) is 28.8 Å². The smallest absolute Gasteiger partial charge is 0.251 e. The fraction of sp³-hybridized carbons (Fsp3) is 0.588. The maximum Gasteiger partial charge on any atom is 0.251 e. The van der Waals surface area contributed by atoms with Crippen LogP contribution in [0.3, 0.4) is 0 Å². The van der Waals surface area contributed by atoms with Crippen LogP contribution in [0.5, 0.6) is 5.75 Å². The lowest BCUT2D eigenvalue weighted by Gasteiger charge is -2.33. The second kappa shape index (κ2) is 6.69. The molecule has 0 aliphatic carbocycles. The number of carbonyl (C=O) groups is 1. The molecular weight excluding hydrogens is 286 g/mol. The van der Waals surface area contributed by atoms with Gasteiger partial charge in [0.2, 0.25) is 0 Å². The van der Waals surface area contributed by atoms with Crippen LogP contribution in [-0.2, 0) is 0 Å². The van der Waals surface area contributed by atoms with Crippen molar-refractivity contribution in [3.8, 4) is 5.75 Å². The zero-order valence-electron chi connectivity index (χ0n) is 13.8. The van der Waals surface area contributed by atoms with Crippen LogP contribution in [0.4, 0.5) is 0 Å². The normalized spacial score (nSPS) is 12.1. The molecule has 0 saturated carbocycles. The summed E-state index contributed by atoms with van der Waals surface area (Å²) in [6.07, 6.45) is 0.885. The number of hydrogen-bond donors (Lipinski definition) is 1. The van der Waals surface area contributed by atoms with Gasteiger partial charge in [0, 0.05) is 11.1 Å². The molecule has 0 spiro atoms. The monoisotopic (exact) mass is 311 g/mol. The molecule has 0 fully saturated rings. The Balaban J connectivity index is 2.82. The lowest BCUT2D eigenvalue weighted by Crippen LogP contribution is -2.45. The molecule has 118 valence electrons. The highest BCUT2D eigenvalue weighted by Crippen LogP contribution is 2.28. The van der Waals surface area contributed by atoms with Crippen LogP contribution in [0.15, 0.2) is 18.2 Å². The van der Waals surface area contributed by atoms with Crippen molar-refractivity contribution >= 4 is 17.5 Å². The molecule has 0 aromatic heterocycles. The second-order valence-corrected chi connectivity index (χ2v) is 7.56. The van der Waals surface area contributed by atoms with Gasteiger partial charge in [0.05, 0.1) is 11.6 Å². The van der Waals surface area contributed by atoms with Crippen LogP contribution in [0.1, 0.15) is 58.3 Å². The van der Waals surface area contributed by atoms with E-state index < -0.39 is 0 Å². The van der Waals surface area contributed by atoms with Crippen molar-refractivity contribution < 1.29 is 9.53 Å². The highest BCUT2D eigenvalue weighted by molar-refractivity contribution is 6.32. The summed E-state index contributed by atoms with van der Waals surface area (Å²) in [5.74, 6) is 0.485. The number of rotatable bonds is 5. The van der Waals surface area contributed by atoms with E-state index in [0.29, 0.717) is 22.9 Å². The molecule has 0 atom stereocenters. The first kappa shape index (κ1) is 17.8. The highest BCUT2D eigenvalue weighted by atomic mass is 35.5. The number of halogens is 1. The molecule has 0 saturated heterocycles. The van der Waals surface area contributed by atoms with Gasteiger partial charge in [-0.3, -0.25) is 4.79 Å². The van der Waals surface area contributed by atoms with Crippen LogP contribution in [0, 0.1) is 5.41 Å². The summed E-state index contributed by atoms with van der Waals surface area (Å²) in [4.78, 5) is 12.4. The minimum absolute atomic E-state index is 0.116. The van der Waals surface area contributed by atoms with Gasteiger partial charge in [-0.25, -0.2) is 0 Å². The van der Waals surface area contributed by atoms with Crippen LogP contribution in [0.2, 0.25) is 5.02 Å². The third-order valence-electron chi connectivity index (χ3n) is 2.92. The van der Waals surface area contributed by atoms with E-state index in [1.54, 1.807) is 18.2 Å². The maximum absolute atomic E-state index is 12.4. The van der Waals surface area contributed by atoms with Crippen LogP contribution < -0.4 is 10.1 Å². The van der Waals surface area contributed by atoms with E-state index in [1.165, 1.54) is 0 Å². The molecule has 0 unspecified atom stereocenters. The number of carbonyl (C=O) groups excluding carboxylic acids is 1. The number of benzene rings is 1. The topological polar surface area (TPSA) is 38.3 Å². The Morgan fingerprint density at radius 1 is 1.24 bits per heavy atom. The van der Waals surface area contributed by atoms with Gasteiger partial charge >= 0.3 is 0 Å². The average molecular weight is 312 g/mol. The third kappa shape index (κ3) is 5.96. The van der Waals surface area contributed by atoms with Gasteiger partial charge < -0.3 is 10.1 Å². The third-order valence-corrected chi connectivity index (χ3v) is 3.21. The Morgan fingerprint density at radius 3 is 2.33 bits per heavy atom. The van der Waals surface area contributed by atoms with Crippen molar-refractivity contribution in [2.45, 2.75) is 53.5 Å². The molecule has 0 radical (unpaired) electrons. The first-order chi connectivity index (χ1) is 9.54. The molecule has 0 bridgehead atoms. The summed E-state index contributed by atoms with van der Waals surface area (Å²) in [7, 11) is 0. The zero-order chi connectivity index (χ0) is 16.3. The Labute approximate surface area is 133 Å². The van der Waals surface area contributed by atoms with Gasteiger partial charge in [-0.05, 0) is 50.8 Å². The predicted octanol–water partition coefficient (Wildman–Crippen LogP) is 4.68. The van der Waals surface area contributed by atoms with E-state index in [0.717, 1.165) is 6.42 Å². The molecule has 4 heteroatoms. The van der Waals surface area contributed by atoms with Crippen molar-refractivity contribution in [1.82, 2.24) is 5.32 Å². The Kier molecular flexibility index (Phi) is 5.68. The maximum atomic E-state index is 12.4. The zero-order valence-corrected chi connectivity index (χ0v) is 14.6. The fourth-order valence-electron chi connectivity index (χ4n) is 2.66. The molecule has 0 aliphatic rings. The SMILES string of the molecule is CCOc1ccc(C(=O)NC(C)(C)CC(C)(C)C)cc1Cl. The molecule has 1 N–H and O–H groups in total. The largest absolute Gasteiger partial charge is 0.492 e. The summed E-state index contributed by atoms with van der Waals surface area (Å²) >= 11 is 6.12. The van der Waals surface area contributed by atoms with Crippen molar-refractivity contribution in [3.63, 3.8) is 0 Å². The second-order valence-electron chi connectivity index (χ2n) is 7.15. The van der Waals surface area contributed by atoms with E-state index in [9.17, 15) is 4.79 Å². The number of hydrogen-bond acceptors (Lipinski definition) is 2. The van der Waals surface area contributed by atoms with E-state index in [-0.39, 0.29) is 16.9 Å².